The molecule has 0 fully saturated rings. The molecule has 0 aliphatic rings. The number of anilines is 1. The smallest absolute Gasteiger partial charge is 0.244 e. The van der Waals surface area contributed by atoms with Crippen LogP contribution < -0.4 is 19.1 Å². The van der Waals surface area contributed by atoms with Crippen LogP contribution in [0.25, 0.3) is 0 Å². The summed E-state index contributed by atoms with van der Waals surface area (Å²) in [7, 11) is -2.14. The van der Waals surface area contributed by atoms with Crippen LogP contribution in [0.1, 0.15) is 18.9 Å². The second kappa shape index (κ2) is 10.2. The molecule has 0 unspecified atom stereocenters. The van der Waals surface area contributed by atoms with Gasteiger partial charge in [0.1, 0.15) is 24.1 Å². The van der Waals surface area contributed by atoms with Gasteiger partial charge in [-0.15, -0.1) is 0 Å². The molecule has 158 valence electrons. The molecule has 1 atom stereocenters. The summed E-state index contributed by atoms with van der Waals surface area (Å²) in [5.41, 5.74) is 1.54. The SMILES string of the molecule is CC[C@H](C(=O)NCCOc1ccc(C)cc1)N(c1ccc(OC)cc1)S(C)(=O)=O. The molecule has 8 heteroatoms. The molecule has 0 saturated carbocycles. The van der Waals surface area contributed by atoms with E-state index in [0.29, 0.717) is 23.6 Å². The molecule has 29 heavy (non-hydrogen) atoms. The first-order chi connectivity index (χ1) is 13.8. The van der Waals surface area contributed by atoms with Gasteiger partial charge in [0, 0.05) is 0 Å². The molecule has 0 aliphatic heterocycles. The van der Waals surface area contributed by atoms with Crippen LogP contribution in [-0.4, -0.2) is 46.9 Å². The maximum absolute atomic E-state index is 12.7. The lowest BCUT2D eigenvalue weighted by molar-refractivity contribution is -0.122. The van der Waals surface area contributed by atoms with E-state index in [4.69, 9.17) is 9.47 Å². The summed E-state index contributed by atoms with van der Waals surface area (Å²) in [5, 5.41) is 2.77. The number of methoxy groups -OCH3 is 1. The van der Waals surface area contributed by atoms with Crippen LogP contribution in [-0.2, 0) is 14.8 Å². The van der Waals surface area contributed by atoms with Gasteiger partial charge >= 0.3 is 0 Å². The highest BCUT2D eigenvalue weighted by Gasteiger charge is 2.31. The average Bonchev–Trinajstić information content (AvgIpc) is 2.69. The molecule has 2 aromatic rings. The first-order valence-electron chi connectivity index (χ1n) is 9.37. The number of hydrogen-bond acceptors (Lipinski definition) is 5. The molecule has 0 radical (unpaired) electrons. The van der Waals surface area contributed by atoms with Crippen molar-refractivity contribution in [3.05, 3.63) is 54.1 Å². The van der Waals surface area contributed by atoms with E-state index in [-0.39, 0.29) is 19.1 Å². The minimum atomic E-state index is -3.67. The van der Waals surface area contributed by atoms with Crippen molar-refractivity contribution in [3.8, 4) is 11.5 Å². The zero-order valence-corrected chi connectivity index (χ0v) is 18.0. The minimum Gasteiger partial charge on any atom is -0.497 e. The highest BCUT2D eigenvalue weighted by atomic mass is 32.2. The molecular formula is C21H28N2O5S. The fraction of sp³-hybridized carbons (Fsp3) is 0.381. The van der Waals surface area contributed by atoms with E-state index >= 15 is 0 Å². The maximum Gasteiger partial charge on any atom is 0.244 e. The first kappa shape index (κ1) is 22.5. The van der Waals surface area contributed by atoms with Crippen LogP contribution in [0.3, 0.4) is 0 Å². The van der Waals surface area contributed by atoms with E-state index in [1.54, 1.807) is 31.2 Å². The number of benzene rings is 2. The van der Waals surface area contributed by atoms with Crippen molar-refractivity contribution in [2.45, 2.75) is 26.3 Å². The summed E-state index contributed by atoms with van der Waals surface area (Å²) < 4.78 is 36.7. The molecule has 0 bridgehead atoms. The standard InChI is InChI=1S/C21H28N2O5S/c1-5-20(21(24)22-14-15-28-19-10-6-16(2)7-11-19)23(29(4,25)26)17-8-12-18(27-3)13-9-17/h6-13,20H,5,14-15H2,1-4H3,(H,22,24)/t20-/m1/s1. The third kappa shape index (κ3) is 6.39. The van der Waals surface area contributed by atoms with Crippen LogP contribution in [0.5, 0.6) is 11.5 Å². The Balaban J connectivity index is 2.04. The summed E-state index contributed by atoms with van der Waals surface area (Å²) in [6.07, 6.45) is 1.41. The summed E-state index contributed by atoms with van der Waals surface area (Å²) in [4.78, 5) is 12.7. The van der Waals surface area contributed by atoms with Crippen LogP contribution in [0.15, 0.2) is 48.5 Å². The van der Waals surface area contributed by atoms with Gasteiger partial charge in [0.05, 0.1) is 25.6 Å². The Kier molecular flexibility index (Phi) is 7.90. The van der Waals surface area contributed by atoms with E-state index in [2.05, 4.69) is 5.32 Å². The van der Waals surface area contributed by atoms with Crippen molar-refractivity contribution < 1.29 is 22.7 Å². The molecule has 2 aromatic carbocycles. The summed E-state index contributed by atoms with van der Waals surface area (Å²) in [5.74, 6) is 0.946. The van der Waals surface area contributed by atoms with E-state index in [9.17, 15) is 13.2 Å². The van der Waals surface area contributed by atoms with Crippen molar-refractivity contribution in [3.63, 3.8) is 0 Å². The Morgan fingerprint density at radius 3 is 2.17 bits per heavy atom. The van der Waals surface area contributed by atoms with E-state index in [1.165, 1.54) is 7.11 Å². The number of rotatable bonds is 10. The van der Waals surface area contributed by atoms with Crippen LogP contribution in [0.2, 0.25) is 0 Å². The number of hydrogen-bond donors (Lipinski definition) is 1. The van der Waals surface area contributed by atoms with Gasteiger partial charge in [-0.25, -0.2) is 8.42 Å². The number of amides is 1. The Morgan fingerprint density at radius 1 is 1.07 bits per heavy atom. The lowest BCUT2D eigenvalue weighted by Crippen LogP contribution is -2.50. The predicted octanol–water partition coefficient (Wildman–Crippen LogP) is 2.74. The van der Waals surface area contributed by atoms with Crippen molar-refractivity contribution in [1.29, 1.82) is 0 Å². The number of aryl methyl sites for hydroxylation is 1. The maximum atomic E-state index is 12.7. The van der Waals surface area contributed by atoms with Crippen molar-refractivity contribution in [2.75, 3.05) is 30.8 Å². The predicted molar refractivity (Wildman–Crippen MR) is 114 cm³/mol. The zero-order valence-electron chi connectivity index (χ0n) is 17.2. The summed E-state index contributed by atoms with van der Waals surface area (Å²) in [6.45, 7) is 4.32. The number of nitrogens with one attached hydrogen (secondary N) is 1. The number of carbonyl (C=O) groups excluding carboxylic acids is 1. The number of sulfonamides is 1. The van der Waals surface area contributed by atoms with Gasteiger partial charge < -0.3 is 14.8 Å². The third-order valence-corrected chi connectivity index (χ3v) is 5.53. The van der Waals surface area contributed by atoms with Crippen molar-refractivity contribution in [1.82, 2.24) is 5.32 Å². The molecule has 0 saturated heterocycles. The molecular weight excluding hydrogens is 392 g/mol. The summed E-state index contributed by atoms with van der Waals surface area (Å²) in [6, 6.07) is 13.3. The highest BCUT2D eigenvalue weighted by molar-refractivity contribution is 7.92. The Morgan fingerprint density at radius 2 is 1.66 bits per heavy atom. The molecule has 2 rings (SSSR count). The first-order valence-corrected chi connectivity index (χ1v) is 11.2. The molecule has 1 N–H and O–H groups in total. The molecule has 0 spiro atoms. The summed E-state index contributed by atoms with van der Waals surface area (Å²) >= 11 is 0. The van der Waals surface area contributed by atoms with Gasteiger partial charge in [-0.1, -0.05) is 24.6 Å². The topological polar surface area (TPSA) is 84.9 Å². The van der Waals surface area contributed by atoms with Crippen LogP contribution in [0.4, 0.5) is 5.69 Å². The van der Waals surface area contributed by atoms with Crippen LogP contribution >= 0.6 is 0 Å². The number of ether oxygens (including phenoxy) is 2. The average molecular weight is 421 g/mol. The Hall–Kier alpha value is -2.74. The van der Waals surface area contributed by atoms with E-state index in [0.717, 1.165) is 16.1 Å². The van der Waals surface area contributed by atoms with Gasteiger partial charge in [0.2, 0.25) is 15.9 Å². The van der Waals surface area contributed by atoms with Crippen molar-refractivity contribution in [2.24, 2.45) is 0 Å². The quantitative estimate of drug-likeness (QED) is 0.598. The fourth-order valence-corrected chi connectivity index (χ4v) is 4.10. The zero-order chi connectivity index (χ0) is 21.4. The molecule has 0 aliphatic carbocycles. The lowest BCUT2D eigenvalue weighted by Gasteiger charge is -2.30. The number of nitrogens with zero attached hydrogens (tertiary/aromatic N) is 1. The normalized spacial score (nSPS) is 12.1. The highest BCUT2D eigenvalue weighted by Crippen LogP contribution is 2.25. The lowest BCUT2D eigenvalue weighted by atomic mass is 10.2. The number of carbonyl (C=O) groups is 1. The third-order valence-electron chi connectivity index (χ3n) is 4.35. The van der Waals surface area contributed by atoms with Gasteiger partial charge in [-0.3, -0.25) is 9.10 Å². The molecule has 1 amide bonds. The van der Waals surface area contributed by atoms with E-state index in [1.807, 2.05) is 31.2 Å². The van der Waals surface area contributed by atoms with Gasteiger partial charge in [0.25, 0.3) is 0 Å². The largest absolute Gasteiger partial charge is 0.497 e. The van der Waals surface area contributed by atoms with Gasteiger partial charge in [-0.2, -0.15) is 0 Å². The second-order valence-electron chi connectivity index (χ2n) is 6.63. The second-order valence-corrected chi connectivity index (χ2v) is 8.49. The minimum absolute atomic E-state index is 0.267. The van der Waals surface area contributed by atoms with Crippen molar-refractivity contribution >= 4 is 21.6 Å². The van der Waals surface area contributed by atoms with Gasteiger partial charge in [-0.05, 0) is 49.7 Å². The fourth-order valence-electron chi connectivity index (χ4n) is 2.88. The molecule has 0 aromatic heterocycles. The molecule has 7 nitrogen and oxygen atoms in total. The Bertz CT molecular complexity index is 896. The van der Waals surface area contributed by atoms with Crippen LogP contribution in [0, 0.1) is 6.92 Å². The monoisotopic (exact) mass is 420 g/mol. The van der Waals surface area contributed by atoms with Gasteiger partial charge in [0.15, 0.2) is 0 Å². The Labute approximate surface area is 172 Å². The molecule has 0 heterocycles. The van der Waals surface area contributed by atoms with E-state index < -0.39 is 16.1 Å².